The van der Waals surface area contributed by atoms with E-state index in [1.165, 1.54) is 25.1 Å². The number of carbonyl (C=O) groups excluding carboxylic acids is 1. The van der Waals surface area contributed by atoms with Crippen molar-refractivity contribution in [2.45, 2.75) is 19.8 Å². The molecular formula is C15H18BrFO3. The van der Waals surface area contributed by atoms with Gasteiger partial charge in [-0.2, -0.15) is 0 Å². The fourth-order valence-corrected chi connectivity index (χ4v) is 2.98. The SMILES string of the molecule is CC(=O)c1cc(F)ccc1OCC1(CBr)CCOCC1. The summed E-state index contributed by atoms with van der Waals surface area (Å²) in [7, 11) is 0. The Morgan fingerprint density at radius 3 is 2.75 bits per heavy atom. The summed E-state index contributed by atoms with van der Waals surface area (Å²) in [5.74, 6) is -0.172. The van der Waals surface area contributed by atoms with Crippen LogP contribution in [0.1, 0.15) is 30.1 Å². The number of alkyl halides is 1. The lowest BCUT2D eigenvalue weighted by atomic mass is 9.83. The normalized spacial score (nSPS) is 17.8. The fourth-order valence-electron chi connectivity index (χ4n) is 2.25. The van der Waals surface area contributed by atoms with Crippen molar-refractivity contribution in [3.63, 3.8) is 0 Å². The molecular weight excluding hydrogens is 327 g/mol. The highest BCUT2D eigenvalue weighted by Gasteiger charge is 2.32. The van der Waals surface area contributed by atoms with E-state index < -0.39 is 5.82 Å². The third kappa shape index (κ3) is 3.58. The first-order chi connectivity index (χ1) is 9.56. The van der Waals surface area contributed by atoms with Crippen molar-refractivity contribution < 1.29 is 18.7 Å². The second-order valence-electron chi connectivity index (χ2n) is 5.23. The molecule has 1 aromatic carbocycles. The van der Waals surface area contributed by atoms with Crippen molar-refractivity contribution in [3.8, 4) is 5.75 Å². The van der Waals surface area contributed by atoms with E-state index in [1.807, 2.05) is 0 Å². The zero-order valence-electron chi connectivity index (χ0n) is 11.5. The van der Waals surface area contributed by atoms with Gasteiger partial charge in [0.15, 0.2) is 5.78 Å². The van der Waals surface area contributed by atoms with E-state index in [9.17, 15) is 9.18 Å². The summed E-state index contributed by atoms with van der Waals surface area (Å²) in [4.78, 5) is 11.5. The van der Waals surface area contributed by atoms with Gasteiger partial charge in [0.25, 0.3) is 0 Å². The molecule has 0 unspecified atom stereocenters. The van der Waals surface area contributed by atoms with E-state index in [0.717, 1.165) is 31.4 Å². The van der Waals surface area contributed by atoms with Crippen LogP contribution < -0.4 is 4.74 Å². The third-order valence-electron chi connectivity index (χ3n) is 3.69. The standard InChI is InChI=1S/C15H18BrFO3/c1-11(18)13-8-12(17)2-3-14(13)20-10-15(9-16)4-6-19-7-5-15/h2-3,8H,4-7,9-10H2,1H3. The van der Waals surface area contributed by atoms with Gasteiger partial charge in [-0.25, -0.2) is 4.39 Å². The molecule has 5 heteroatoms. The number of Topliss-reactive ketones (excluding diaryl/α,β-unsaturated/α-hetero) is 1. The van der Waals surface area contributed by atoms with Gasteiger partial charge in [0, 0.05) is 24.0 Å². The lowest BCUT2D eigenvalue weighted by Gasteiger charge is -2.35. The molecule has 1 aliphatic rings. The number of carbonyl (C=O) groups is 1. The zero-order chi connectivity index (χ0) is 14.6. The molecule has 1 aromatic rings. The van der Waals surface area contributed by atoms with Gasteiger partial charge in [0.1, 0.15) is 11.6 Å². The van der Waals surface area contributed by atoms with Gasteiger partial charge in [-0.15, -0.1) is 0 Å². The van der Waals surface area contributed by atoms with E-state index >= 15 is 0 Å². The van der Waals surface area contributed by atoms with Gasteiger partial charge >= 0.3 is 0 Å². The summed E-state index contributed by atoms with van der Waals surface area (Å²) in [6, 6.07) is 4.06. The van der Waals surface area contributed by atoms with Crippen molar-refractivity contribution in [2.75, 3.05) is 25.2 Å². The van der Waals surface area contributed by atoms with Gasteiger partial charge in [-0.3, -0.25) is 4.79 Å². The lowest BCUT2D eigenvalue weighted by molar-refractivity contribution is 0.00339. The quantitative estimate of drug-likeness (QED) is 0.604. The van der Waals surface area contributed by atoms with Crippen LogP contribution in [0.2, 0.25) is 0 Å². The van der Waals surface area contributed by atoms with E-state index in [4.69, 9.17) is 9.47 Å². The minimum Gasteiger partial charge on any atom is -0.492 e. The van der Waals surface area contributed by atoms with Gasteiger partial charge in [-0.05, 0) is 38.0 Å². The first-order valence-electron chi connectivity index (χ1n) is 6.63. The van der Waals surface area contributed by atoms with Crippen molar-refractivity contribution in [3.05, 3.63) is 29.6 Å². The second-order valence-corrected chi connectivity index (χ2v) is 5.79. The summed E-state index contributed by atoms with van der Waals surface area (Å²) in [5, 5.41) is 0.819. The molecule has 1 saturated heterocycles. The number of hydrogen-bond donors (Lipinski definition) is 0. The molecule has 0 aliphatic carbocycles. The van der Waals surface area contributed by atoms with Gasteiger partial charge in [-0.1, -0.05) is 15.9 Å². The van der Waals surface area contributed by atoms with Crippen LogP contribution in [0.3, 0.4) is 0 Å². The molecule has 1 fully saturated rings. The summed E-state index contributed by atoms with van der Waals surface area (Å²) in [5.41, 5.74) is 0.308. The third-order valence-corrected chi connectivity index (χ3v) is 4.88. The van der Waals surface area contributed by atoms with E-state index in [-0.39, 0.29) is 11.2 Å². The Morgan fingerprint density at radius 2 is 2.15 bits per heavy atom. The van der Waals surface area contributed by atoms with Crippen LogP contribution in [-0.4, -0.2) is 30.9 Å². The summed E-state index contributed by atoms with van der Waals surface area (Å²) in [6.45, 7) is 3.35. The monoisotopic (exact) mass is 344 g/mol. The van der Waals surface area contributed by atoms with Crippen LogP contribution in [0.4, 0.5) is 4.39 Å². The first-order valence-corrected chi connectivity index (χ1v) is 7.75. The summed E-state index contributed by atoms with van der Waals surface area (Å²) in [6.07, 6.45) is 1.82. The summed E-state index contributed by atoms with van der Waals surface area (Å²) >= 11 is 3.54. The molecule has 3 nitrogen and oxygen atoms in total. The van der Waals surface area contributed by atoms with Gasteiger partial charge < -0.3 is 9.47 Å². The number of hydrogen-bond acceptors (Lipinski definition) is 3. The van der Waals surface area contributed by atoms with Gasteiger partial charge in [0.2, 0.25) is 0 Å². The molecule has 0 aromatic heterocycles. The Balaban J connectivity index is 2.11. The average molecular weight is 345 g/mol. The lowest BCUT2D eigenvalue weighted by Crippen LogP contribution is -2.36. The Labute approximate surface area is 126 Å². The second kappa shape index (κ2) is 6.68. The van der Waals surface area contributed by atoms with Crippen LogP contribution in [0.25, 0.3) is 0 Å². The highest BCUT2D eigenvalue weighted by Crippen LogP contribution is 2.34. The minimum absolute atomic E-state index is 0.0146. The smallest absolute Gasteiger partial charge is 0.163 e. The topological polar surface area (TPSA) is 35.5 Å². The predicted octanol–water partition coefficient (Wildman–Crippen LogP) is 3.60. The molecule has 0 N–H and O–H groups in total. The maximum absolute atomic E-state index is 13.2. The number of rotatable bonds is 5. The zero-order valence-corrected chi connectivity index (χ0v) is 13.0. The number of ether oxygens (including phenoxy) is 2. The van der Waals surface area contributed by atoms with Crippen LogP contribution in [-0.2, 0) is 4.74 Å². The molecule has 0 bridgehead atoms. The predicted molar refractivity (Wildman–Crippen MR) is 78.2 cm³/mol. The molecule has 0 saturated carbocycles. The van der Waals surface area contributed by atoms with Crippen molar-refractivity contribution in [2.24, 2.45) is 5.41 Å². The number of ketones is 1. The van der Waals surface area contributed by atoms with Crippen LogP contribution in [0, 0.1) is 11.2 Å². The molecule has 0 spiro atoms. The Kier molecular flexibility index (Phi) is 5.16. The number of halogens is 2. The highest BCUT2D eigenvalue weighted by molar-refractivity contribution is 9.09. The molecule has 0 amide bonds. The maximum Gasteiger partial charge on any atom is 0.163 e. The molecule has 2 rings (SSSR count). The molecule has 1 aliphatic heterocycles. The molecule has 20 heavy (non-hydrogen) atoms. The van der Waals surface area contributed by atoms with E-state index in [2.05, 4.69) is 15.9 Å². The average Bonchev–Trinajstić information content (AvgIpc) is 2.47. The molecule has 0 atom stereocenters. The first kappa shape index (κ1) is 15.4. The largest absolute Gasteiger partial charge is 0.492 e. The molecule has 1 heterocycles. The fraction of sp³-hybridized carbons (Fsp3) is 0.533. The van der Waals surface area contributed by atoms with Crippen LogP contribution >= 0.6 is 15.9 Å². The highest BCUT2D eigenvalue weighted by atomic mass is 79.9. The van der Waals surface area contributed by atoms with Crippen molar-refractivity contribution in [1.29, 1.82) is 0 Å². The van der Waals surface area contributed by atoms with Crippen LogP contribution in [0.15, 0.2) is 18.2 Å². The van der Waals surface area contributed by atoms with Crippen LogP contribution in [0.5, 0.6) is 5.75 Å². The molecule has 0 radical (unpaired) electrons. The van der Waals surface area contributed by atoms with Gasteiger partial charge in [0.05, 0.1) is 12.2 Å². The molecule has 110 valence electrons. The Hall–Kier alpha value is -0.940. The van der Waals surface area contributed by atoms with E-state index in [0.29, 0.717) is 17.9 Å². The number of benzene rings is 1. The minimum atomic E-state index is -0.427. The Morgan fingerprint density at radius 1 is 1.45 bits per heavy atom. The van der Waals surface area contributed by atoms with Crippen molar-refractivity contribution in [1.82, 2.24) is 0 Å². The van der Waals surface area contributed by atoms with E-state index in [1.54, 1.807) is 0 Å². The Bertz CT molecular complexity index is 484. The summed E-state index contributed by atoms with van der Waals surface area (Å²) < 4.78 is 24.4. The van der Waals surface area contributed by atoms with Crippen molar-refractivity contribution >= 4 is 21.7 Å². The maximum atomic E-state index is 13.2.